The normalized spacial score (nSPS) is 17.5. The molecule has 0 fully saturated rings. The van der Waals surface area contributed by atoms with Gasteiger partial charge < -0.3 is 4.90 Å². The lowest BCUT2D eigenvalue weighted by atomic mass is 9.89. The number of aryl methyl sites for hydroxylation is 1. The summed E-state index contributed by atoms with van der Waals surface area (Å²) in [7, 11) is 0. The van der Waals surface area contributed by atoms with Crippen LogP contribution in [0, 0.1) is 0 Å². The van der Waals surface area contributed by atoms with Gasteiger partial charge in [0.2, 0.25) is 0 Å². The van der Waals surface area contributed by atoms with Crippen molar-refractivity contribution < 1.29 is 0 Å². The molecule has 0 aromatic heterocycles. The summed E-state index contributed by atoms with van der Waals surface area (Å²) in [5.41, 5.74) is 4.45. The van der Waals surface area contributed by atoms with Crippen molar-refractivity contribution in [2.24, 2.45) is 0 Å². The molecule has 0 bridgehead atoms. The summed E-state index contributed by atoms with van der Waals surface area (Å²) in [5, 5.41) is 0.817. The third kappa shape index (κ3) is 4.88. The van der Waals surface area contributed by atoms with E-state index in [-0.39, 0.29) is 0 Å². The second-order valence-electron chi connectivity index (χ2n) is 7.19. The molecule has 26 heavy (non-hydrogen) atoms. The van der Waals surface area contributed by atoms with E-state index in [1.165, 1.54) is 29.7 Å². The number of hydrogen-bond acceptors (Lipinski definition) is 2. The summed E-state index contributed by atoms with van der Waals surface area (Å²) in [4.78, 5) is 5.23. The SMILES string of the molecule is CCN(CC)CCN1CCc2ccccc2C1CCc1ccc(Cl)cc1. The van der Waals surface area contributed by atoms with Gasteiger partial charge >= 0.3 is 0 Å². The predicted molar refractivity (Wildman–Crippen MR) is 112 cm³/mol. The van der Waals surface area contributed by atoms with Crippen LogP contribution in [0.4, 0.5) is 0 Å². The summed E-state index contributed by atoms with van der Waals surface area (Å²) in [6, 6.07) is 17.9. The van der Waals surface area contributed by atoms with Crippen LogP contribution in [0.2, 0.25) is 5.02 Å². The van der Waals surface area contributed by atoms with E-state index in [1.807, 2.05) is 12.1 Å². The first kappa shape index (κ1) is 19.4. The highest BCUT2D eigenvalue weighted by Crippen LogP contribution is 2.33. The molecule has 3 rings (SSSR count). The zero-order valence-corrected chi connectivity index (χ0v) is 16.9. The standard InChI is InChI=1S/C23H31ClN2/c1-3-25(4-2)17-18-26-16-15-20-7-5-6-8-22(20)23(26)14-11-19-9-12-21(24)13-10-19/h5-10,12-13,23H,3-4,11,14-18H2,1-2H3. The highest BCUT2D eigenvalue weighted by molar-refractivity contribution is 6.30. The van der Waals surface area contributed by atoms with Gasteiger partial charge in [-0.3, -0.25) is 4.90 Å². The zero-order chi connectivity index (χ0) is 18.4. The van der Waals surface area contributed by atoms with Gasteiger partial charge in [0.25, 0.3) is 0 Å². The van der Waals surface area contributed by atoms with E-state index in [1.54, 1.807) is 0 Å². The van der Waals surface area contributed by atoms with Crippen LogP contribution in [-0.4, -0.2) is 42.5 Å². The second-order valence-corrected chi connectivity index (χ2v) is 7.63. The molecule has 1 heterocycles. The van der Waals surface area contributed by atoms with Gasteiger partial charge in [0, 0.05) is 30.7 Å². The first-order valence-electron chi connectivity index (χ1n) is 10.00. The molecular weight excluding hydrogens is 340 g/mol. The largest absolute Gasteiger partial charge is 0.303 e. The van der Waals surface area contributed by atoms with E-state index in [9.17, 15) is 0 Å². The Bertz CT molecular complexity index is 679. The van der Waals surface area contributed by atoms with Crippen molar-refractivity contribution in [3.63, 3.8) is 0 Å². The van der Waals surface area contributed by atoms with E-state index in [0.29, 0.717) is 6.04 Å². The lowest BCUT2D eigenvalue weighted by Crippen LogP contribution is -2.41. The van der Waals surface area contributed by atoms with Crippen molar-refractivity contribution in [2.45, 2.75) is 39.2 Å². The average molecular weight is 371 g/mol. The van der Waals surface area contributed by atoms with Gasteiger partial charge in [-0.2, -0.15) is 0 Å². The molecule has 1 aliphatic rings. The highest BCUT2D eigenvalue weighted by atomic mass is 35.5. The Hall–Kier alpha value is -1.35. The van der Waals surface area contributed by atoms with Gasteiger partial charge in [0.1, 0.15) is 0 Å². The molecule has 0 radical (unpaired) electrons. The Morgan fingerprint density at radius 1 is 1.04 bits per heavy atom. The van der Waals surface area contributed by atoms with Crippen LogP contribution >= 0.6 is 11.6 Å². The summed E-state index contributed by atoms with van der Waals surface area (Å²) >= 11 is 6.04. The third-order valence-corrected chi connectivity index (χ3v) is 5.99. The summed E-state index contributed by atoms with van der Waals surface area (Å²) in [5.74, 6) is 0. The third-order valence-electron chi connectivity index (χ3n) is 5.74. The number of nitrogens with zero attached hydrogens (tertiary/aromatic N) is 2. The first-order valence-corrected chi connectivity index (χ1v) is 10.4. The molecule has 2 aromatic carbocycles. The van der Waals surface area contributed by atoms with E-state index in [0.717, 1.165) is 44.0 Å². The molecule has 2 nitrogen and oxygen atoms in total. The molecule has 0 amide bonds. The first-order chi connectivity index (χ1) is 12.7. The van der Waals surface area contributed by atoms with E-state index < -0.39 is 0 Å². The Kier molecular flexibility index (Phi) is 7.13. The fraction of sp³-hybridized carbons (Fsp3) is 0.478. The second kappa shape index (κ2) is 9.55. The zero-order valence-electron chi connectivity index (χ0n) is 16.1. The molecule has 140 valence electrons. The van der Waals surface area contributed by atoms with Crippen LogP contribution in [0.3, 0.4) is 0 Å². The fourth-order valence-corrected chi connectivity index (χ4v) is 4.20. The maximum atomic E-state index is 6.04. The molecule has 0 saturated heterocycles. The number of halogens is 1. The van der Waals surface area contributed by atoms with Gasteiger partial charge in [-0.05, 0) is 61.2 Å². The lowest BCUT2D eigenvalue weighted by molar-refractivity contribution is 0.149. The van der Waals surface area contributed by atoms with Crippen LogP contribution in [0.1, 0.15) is 43.0 Å². The Balaban J connectivity index is 1.72. The van der Waals surface area contributed by atoms with Crippen molar-refractivity contribution in [2.75, 3.05) is 32.7 Å². The van der Waals surface area contributed by atoms with Gasteiger partial charge in [-0.1, -0.05) is 61.8 Å². The summed E-state index contributed by atoms with van der Waals surface area (Å²) < 4.78 is 0. The molecule has 1 unspecified atom stereocenters. The minimum Gasteiger partial charge on any atom is -0.303 e. The Morgan fingerprint density at radius 2 is 1.77 bits per heavy atom. The smallest absolute Gasteiger partial charge is 0.0406 e. The number of rotatable bonds is 8. The predicted octanol–water partition coefficient (Wildman–Crippen LogP) is 5.21. The Labute approximate surface area is 163 Å². The summed E-state index contributed by atoms with van der Waals surface area (Å²) in [6.45, 7) is 10.3. The van der Waals surface area contributed by atoms with Crippen LogP contribution < -0.4 is 0 Å². The van der Waals surface area contributed by atoms with E-state index >= 15 is 0 Å². The van der Waals surface area contributed by atoms with Crippen LogP contribution in [0.5, 0.6) is 0 Å². The number of benzene rings is 2. The van der Waals surface area contributed by atoms with Crippen molar-refractivity contribution in [3.8, 4) is 0 Å². The van der Waals surface area contributed by atoms with Gasteiger partial charge in [-0.15, -0.1) is 0 Å². The number of fused-ring (bicyclic) bond motifs is 1. The Morgan fingerprint density at radius 3 is 2.50 bits per heavy atom. The average Bonchev–Trinajstić information content (AvgIpc) is 2.68. The van der Waals surface area contributed by atoms with Crippen LogP contribution in [0.25, 0.3) is 0 Å². The minimum absolute atomic E-state index is 0.520. The minimum atomic E-state index is 0.520. The molecule has 1 atom stereocenters. The van der Waals surface area contributed by atoms with Crippen LogP contribution in [0.15, 0.2) is 48.5 Å². The molecule has 3 heteroatoms. The van der Waals surface area contributed by atoms with Crippen LogP contribution in [-0.2, 0) is 12.8 Å². The van der Waals surface area contributed by atoms with E-state index in [2.05, 4.69) is 60.0 Å². The molecule has 1 aliphatic heterocycles. The van der Waals surface area contributed by atoms with Crippen molar-refractivity contribution in [3.05, 3.63) is 70.2 Å². The van der Waals surface area contributed by atoms with Gasteiger partial charge in [-0.25, -0.2) is 0 Å². The maximum Gasteiger partial charge on any atom is 0.0406 e. The maximum absolute atomic E-state index is 6.04. The molecule has 2 aromatic rings. The van der Waals surface area contributed by atoms with E-state index in [4.69, 9.17) is 11.6 Å². The quantitative estimate of drug-likeness (QED) is 0.629. The fourth-order valence-electron chi connectivity index (χ4n) is 4.07. The highest BCUT2D eigenvalue weighted by Gasteiger charge is 2.26. The summed E-state index contributed by atoms with van der Waals surface area (Å²) in [6.07, 6.45) is 3.43. The topological polar surface area (TPSA) is 6.48 Å². The van der Waals surface area contributed by atoms with Crippen molar-refractivity contribution in [1.82, 2.24) is 9.80 Å². The lowest BCUT2D eigenvalue weighted by Gasteiger charge is -2.38. The number of likely N-dealkylation sites (N-methyl/N-ethyl adjacent to an activating group) is 1. The monoisotopic (exact) mass is 370 g/mol. The molecule has 0 aliphatic carbocycles. The van der Waals surface area contributed by atoms with Gasteiger partial charge in [0.05, 0.1) is 0 Å². The molecule has 0 saturated carbocycles. The van der Waals surface area contributed by atoms with Crippen molar-refractivity contribution >= 4 is 11.6 Å². The molecule has 0 spiro atoms. The molecule has 0 N–H and O–H groups in total. The van der Waals surface area contributed by atoms with Gasteiger partial charge in [0.15, 0.2) is 0 Å². The number of hydrogen-bond donors (Lipinski definition) is 0. The molecular formula is C23H31ClN2. The van der Waals surface area contributed by atoms with Crippen molar-refractivity contribution in [1.29, 1.82) is 0 Å².